The number of benzene rings is 3. The number of piperazine rings is 1. The van der Waals surface area contributed by atoms with E-state index in [1.807, 2.05) is 24.3 Å². The molecule has 4 unspecified atom stereocenters. The van der Waals surface area contributed by atoms with Gasteiger partial charge in [0.1, 0.15) is 6.17 Å². The van der Waals surface area contributed by atoms with Crippen LogP contribution in [0.1, 0.15) is 17.5 Å². The highest BCUT2D eigenvalue weighted by Gasteiger charge is 2.74. The number of rotatable bonds is 3. The lowest BCUT2D eigenvalue weighted by atomic mass is 9.71. The van der Waals surface area contributed by atoms with E-state index in [0.29, 0.717) is 16.8 Å². The van der Waals surface area contributed by atoms with Crippen LogP contribution < -0.4 is 4.31 Å². The lowest BCUT2D eigenvalue weighted by Crippen LogP contribution is -2.71. The molecule has 3 aliphatic rings. The molecule has 0 spiro atoms. The molecule has 0 aliphatic carbocycles. The van der Waals surface area contributed by atoms with Crippen LogP contribution in [-0.2, 0) is 25.0 Å². The van der Waals surface area contributed by atoms with Crippen molar-refractivity contribution in [2.45, 2.75) is 34.8 Å². The van der Waals surface area contributed by atoms with E-state index in [1.54, 1.807) is 48.7 Å². The summed E-state index contributed by atoms with van der Waals surface area (Å²) < 4.78 is 29.9. The van der Waals surface area contributed by atoms with Gasteiger partial charge in [0.25, 0.3) is 21.8 Å². The van der Waals surface area contributed by atoms with Crippen LogP contribution in [0.2, 0.25) is 0 Å². The first-order valence-corrected chi connectivity index (χ1v) is 13.8. The van der Waals surface area contributed by atoms with Gasteiger partial charge in [-0.15, -0.1) is 0 Å². The predicted molar refractivity (Wildman–Crippen MR) is 141 cm³/mol. The van der Waals surface area contributed by atoms with Gasteiger partial charge in [-0.2, -0.15) is 0 Å². The van der Waals surface area contributed by atoms with Crippen LogP contribution in [0, 0.1) is 0 Å². The molecule has 3 aliphatic heterocycles. The largest absolute Gasteiger partial charge is 0.365 e. The van der Waals surface area contributed by atoms with Crippen LogP contribution >= 0.6 is 0 Å². The van der Waals surface area contributed by atoms with Crippen molar-refractivity contribution in [3.05, 3.63) is 96.2 Å². The van der Waals surface area contributed by atoms with Gasteiger partial charge in [0.2, 0.25) is 12.0 Å². The van der Waals surface area contributed by atoms with Gasteiger partial charge in [0.05, 0.1) is 16.0 Å². The summed E-state index contributed by atoms with van der Waals surface area (Å²) in [5.41, 5.74) is -1.50. The van der Waals surface area contributed by atoms with E-state index in [9.17, 15) is 28.2 Å². The maximum atomic E-state index is 14.4. The molecular weight excluding hydrogens is 520 g/mol. The Morgan fingerprint density at radius 3 is 2.36 bits per heavy atom. The van der Waals surface area contributed by atoms with Crippen molar-refractivity contribution in [2.24, 2.45) is 0 Å². The lowest BCUT2D eigenvalue weighted by Gasteiger charge is -2.46. The number of hydrogen-bond donors (Lipinski definition) is 3. The van der Waals surface area contributed by atoms with E-state index in [2.05, 4.69) is 4.98 Å². The third kappa shape index (κ3) is 2.79. The zero-order chi connectivity index (χ0) is 27.3. The molecule has 0 bridgehead atoms. The molecule has 4 aromatic rings. The number of carbonyl (C=O) groups is 2. The molecule has 10 nitrogen and oxygen atoms in total. The van der Waals surface area contributed by atoms with E-state index in [-0.39, 0.29) is 11.3 Å². The van der Waals surface area contributed by atoms with Gasteiger partial charge in [-0.05, 0) is 35.4 Å². The van der Waals surface area contributed by atoms with Crippen LogP contribution in [0.5, 0.6) is 0 Å². The fourth-order valence-corrected chi connectivity index (χ4v) is 8.34. The number of nitrogens with one attached hydrogen (secondary N) is 1. The van der Waals surface area contributed by atoms with Crippen molar-refractivity contribution in [3.63, 3.8) is 0 Å². The third-order valence-electron chi connectivity index (χ3n) is 8.31. The van der Waals surface area contributed by atoms with Crippen molar-refractivity contribution < 1.29 is 28.2 Å². The van der Waals surface area contributed by atoms with Crippen LogP contribution in [0.25, 0.3) is 10.9 Å². The molecule has 2 saturated heterocycles. The van der Waals surface area contributed by atoms with E-state index in [1.165, 1.54) is 19.2 Å². The number of aromatic amines is 1. The molecule has 2 fully saturated rings. The molecule has 11 heteroatoms. The number of amides is 2. The number of aliphatic hydroxyl groups excluding tert-OH is 1. The minimum atomic E-state index is -4.33. The Balaban J connectivity index is 1.60. The summed E-state index contributed by atoms with van der Waals surface area (Å²) in [6.45, 7) is 0. The van der Waals surface area contributed by atoms with Gasteiger partial charge in [-0.25, -0.2) is 12.7 Å². The number of anilines is 1. The molecule has 0 saturated carbocycles. The molecule has 7 rings (SSSR count). The van der Waals surface area contributed by atoms with Gasteiger partial charge >= 0.3 is 0 Å². The summed E-state index contributed by atoms with van der Waals surface area (Å²) in [7, 11) is -3.09. The van der Waals surface area contributed by atoms with Gasteiger partial charge in [0.15, 0.2) is 0 Å². The quantitative estimate of drug-likeness (QED) is 0.360. The molecule has 0 radical (unpaired) electrons. The number of hydrogen-bond acceptors (Lipinski definition) is 6. The van der Waals surface area contributed by atoms with Crippen LogP contribution in [0.15, 0.2) is 90.0 Å². The Kier molecular flexibility index (Phi) is 4.71. The predicted octanol–water partition coefficient (Wildman–Crippen LogP) is 1.70. The van der Waals surface area contributed by atoms with Crippen molar-refractivity contribution in [3.8, 4) is 0 Å². The molecule has 4 atom stereocenters. The number of aliphatic hydroxyl groups is 2. The van der Waals surface area contributed by atoms with E-state index >= 15 is 0 Å². The SMILES string of the molecule is CN1C(=O)C2(O)CC3(c4c[nH]c5ccccc45)c4ccccc4N(S(=O)(=O)c4ccccc4)C3N2C(=O)C1O. The third-order valence-corrected chi connectivity index (χ3v) is 10.1. The standard InChI is InChI=1S/C28H24N4O6S/c1-30-23(33)24(34)31-25-27(16-28(31,36)26(30)35,20-15-29-21-13-7-5-11-18(20)21)19-12-6-8-14-22(19)32(25)39(37,38)17-9-3-2-4-10-17/h2-15,23,25,29,33,36H,16H2,1H3. The molecule has 39 heavy (non-hydrogen) atoms. The van der Waals surface area contributed by atoms with Crippen molar-refractivity contribution in [1.29, 1.82) is 0 Å². The average molecular weight is 545 g/mol. The maximum absolute atomic E-state index is 14.4. The summed E-state index contributed by atoms with van der Waals surface area (Å²) in [6, 6.07) is 22.1. The van der Waals surface area contributed by atoms with E-state index in [4.69, 9.17) is 0 Å². The monoisotopic (exact) mass is 544 g/mol. The fraction of sp³-hybridized carbons (Fsp3) is 0.214. The fourth-order valence-electron chi connectivity index (χ4n) is 6.65. The van der Waals surface area contributed by atoms with Crippen LogP contribution in [-0.4, -0.2) is 70.4 Å². The van der Waals surface area contributed by atoms with E-state index < -0.39 is 45.4 Å². The van der Waals surface area contributed by atoms with Crippen molar-refractivity contribution in [2.75, 3.05) is 11.4 Å². The smallest absolute Gasteiger partial charge is 0.278 e. The van der Waals surface area contributed by atoms with Gasteiger partial charge in [-0.1, -0.05) is 54.6 Å². The Hall–Kier alpha value is -4.19. The maximum Gasteiger partial charge on any atom is 0.278 e. The molecular formula is C28H24N4O6S. The van der Waals surface area contributed by atoms with Crippen molar-refractivity contribution in [1.82, 2.24) is 14.8 Å². The van der Waals surface area contributed by atoms with Gasteiger partial charge in [0, 0.05) is 30.6 Å². The molecule has 3 aromatic carbocycles. The average Bonchev–Trinajstić information content (AvgIpc) is 3.58. The van der Waals surface area contributed by atoms with Gasteiger partial charge < -0.3 is 20.1 Å². The summed E-state index contributed by atoms with van der Waals surface area (Å²) in [5.74, 6) is -1.86. The van der Waals surface area contributed by atoms with Crippen molar-refractivity contribution >= 4 is 38.4 Å². The summed E-state index contributed by atoms with van der Waals surface area (Å²) >= 11 is 0. The van der Waals surface area contributed by atoms with Crippen LogP contribution in [0.4, 0.5) is 5.69 Å². The van der Waals surface area contributed by atoms with Gasteiger partial charge in [-0.3, -0.25) is 14.5 Å². The zero-order valence-electron chi connectivity index (χ0n) is 20.7. The lowest BCUT2D eigenvalue weighted by molar-refractivity contribution is -0.207. The Labute approximate surface area is 223 Å². The molecule has 2 amide bonds. The number of sulfonamides is 1. The van der Waals surface area contributed by atoms with Crippen LogP contribution in [0.3, 0.4) is 0 Å². The number of carbonyl (C=O) groups excluding carboxylic acids is 2. The number of para-hydroxylation sites is 2. The second-order valence-electron chi connectivity index (χ2n) is 10.2. The minimum Gasteiger partial charge on any atom is -0.365 e. The number of aromatic nitrogens is 1. The Bertz CT molecular complexity index is 1790. The first kappa shape index (κ1) is 23.9. The number of nitrogens with zero attached hydrogens (tertiary/aromatic N) is 3. The topological polar surface area (TPSA) is 134 Å². The normalized spacial score (nSPS) is 28.1. The van der Waals surface area contributed by atoms with E-state index in [0.717, 1.165) is 25.0 Å². The second kappa shape index (κ2) is 7.69. The first-order chi connectivity index (χ1) is 18.6. The first-order valence-electron chi connectivity index (χ1n) is 12.4. The zero-order valence-corrected chi connectivity index (χ0v) is 21.5. The number of fused-ring (bicyclic) bond motifs is 6. The highest BCUT2D eigenvalue weighted by Crippen LogP contribution is 2.62. The molecule has 4 heterocycles. The summed E-state index contributed by atoms with van der Waals surface area (Å²) in [6.07, 6.45) is -1.85. The number of likely N-dealkylation sites (N-methyl/N-ethyl adjacent to an activating group) is 1. The highest BCUT2D eigenvalue weighted by molar-refractivity contribution is 7.92. The molecule has 198 valence electrons. The molecule has 3 N–H and O–H groups in total. The molecule has 1 aromatic heterocycles. The Morgan fingerprint density at radius 2 is 1.59 bits per heavy atom. The summed E-state index contributed by atoms with van der Waals surface area (Å²) in [4.78, 5) is 32.2. The summed E-state index contributed by atoms with van der Waals surface area (Å²) in [5, 5.41) is 23.5. The Morgan fingerprint density at radius 1 is 0.923 bits per heavy atom. The number of H-pyrrole nitrogens is 1. The highest BCUT2D eigenvalue weighted by atomic mass is 32.2. The minimum absolute atomic E-state index is 0.0154. The second-order valence-corrected chi connectivity index (χ2v) is 12.0.